The lowest BCUT2D eigenvalue weighted by Gasteiger charge is -2.44. The van der Waals surface area contributed by atoms with Gasteiger partial charge in [-0.25, -0.2) is 0 Å². The molecule has 94 valence electrons. The Balaban J connectivity index is 1.75. The highest BCUT2D eigenvalue weighted by atomic mass is 32.1. The van der Waals surface area contributed by atoms with E-state index in [0.717, 1.165) is 19.1 Å². The summed E-state index contributed by atoms with van der Waals surface area (Å²) in [4.78, 5) is 1.59. The third kappa shape index (κ3) is 2.16. The smallest absolute Gasteiger partial charge is 0.0593 e. The number of nitrogens with one attached hydrogen (secondary N) is 1. The Morgan fingerprint density at radius 2 is 2.18 bits per heavy atom. The summed E-state index contributed by atoms with van der Waals surface area (Å²) in [7, 11) is 0. The lowest BCUT2D eigenvalue weighted by atomic mass is 9.73. The number of piperidine rings is 1. The zero-order valence-corrected chi connectivity index (χ0v) is 11.3. The van der Waals surface area contributed by atoms with Crippen LogP contribution in [0.3, 0.4) is 0 Å². The standard InChI is InChI=1S/C14H21NOS/c1-11-4-7-17-13(11)14(9-16-10-14)8-12-2-5-15-6-3-12/h4,7,12,15H,2-3,5-6,8-10H2,1H3. The van der Waals surface area contributed by atoms with Crippen LogP contribution in [0.5, 0.6) is 0 Å². The van der Waals surface area contributed by atoms with Crippen molar-refractivity contribution in [3.8, 4) is 0 Å². The molecule has 0 unspecified atom stereocenters. The van der Waals surface area contributed by atoms with Crippen LogP contribution in [0, 0.1) is 12.8 Å². The molecule has 2 fully saturated rings. The summed E-state index contributed by atoms with van der Waals surface area (Å²) in [6.45, 7) is 6.53. The van der Waals surface area contributed by atoms with E-state index >= 15 is 0 Å². The second kappa shape index (κ2) is 4.71. The van der Waals surface area contributed by atoms with Gasteiger partial charge in [0.15, 0.2) is 0 Å². The molecule has 0 amide bonds. The molecule has 3 heterocycles. The van der Waals surface area contributed by atoms with Gasteiger partial charge < -0.3 is 10.1 Å². The molecule has 3 heteroatoms. The van der Waals surface area contributed by atoms with E-state index in [4.69, 9.17) is 4.74 Å². The van der Waals surface area contributed by atoms with Gasteiger partial charge in [-0.3, -0.25) is 0 Å². The minimum absolute atomic E-state index is 0.361. The van der Waals surface area contributed by atoms with Crippen molar-refractivity contribution >= 4 is 11.3 Å². The molecular weight excluding hydrogens is 230 g/mol. The second-order valence-corrected chi connectivity index (χ2v) is 6.52. The predicted octanol–water partition coefficient (Wildman–Crippen LogP) is 2.71. The molecule has 0 aromatic carbocycles. The van der Waals surface area contributed by atoms with Crippen molar-refractivity contribution in [2.45, 2.75) is 31.6 Å². The lowest BCUT2D eigenvalue weighted by Crippen LogP contribution is -2.48. The first kappa shape index (κ1) is 11.7. The highest BCUT2D eigenvalue weighted by Crippen LogP contribution is 2.43. The van der Waals surface area contributed by atoms with Gasteiger partial charge in [-0.15, -0.1) is 11.3 Å². The van der Waals surface area contributed by atoms with Gasteiger partial charge in [-0.1, -0.05) is 0 Å². The maximum Gasteiger partial charge on any atom is 0.0593 e. The van der Waals surface area contributed by atoms with Crippen molar-refractivity contribution in [3.63, 3.8) is 0 Å². The molecule has 2 nitrogen and oxygen atoms in total. The molecule has 1 N–H and O–H groups in total. The Morgan fingerprint density at radius 3 is 2.71 bits per heavy atom. The summed E-state index contributed by atoms with van der Waals surface area (Å²) >= 11 is 1.93. The van der Waals surface area contributed by atoms with Gasteiger partial charge in [0.1, 0.15) is 0 Å². The Bertz CT molecular complexity index is 377. The van der Waals surface area contributed by atoms with Crippen molar-refractivity contribution in [2.24, 2.45) is 5.92 Å². The van der Waals surface area contributed by atoms with Crippen molar-refractivity contribution in [3.05, 3.63) is 21.9 Å². The first-order valence-electron chi connectivity index (χ1n) is 6.63. The fraction of sp³-hybridized carbons (Fsp3) is 0.714. The topological polar surface area (TPSA) is 21.3 Å². The summed E-state index contributed by atoms with van der Waals surface area (Å²) in [5.41, 5.74) is 1.83. The second-order valence-electron chi connectivity index (χ2n) is 5.60. The average molecular weight is 251 g/mol. The van der Waals surface area contributed by atoms with Gasteiger partial charge in [0.2, 0.25) is 0 Å². The number of hydrogen-bond donors (Lipinski definition) is 1. The van der Waals surface area contributed by atoms with Crippen molar-refractivity contribution in [1.82, 2.24) is 5.32 Å². The third-order valence-electron chi connectivity index (χ3n) is 4.24. The Hall–Kier alpha value is -0.380. The summed E-state index contributed by atoms with van der Waals surface area (Å²) in [5, 5.41) is 5.68. The fourth-order valence-electron chi connectivity index (χ4n) is 3.24. The molecule has 1 aromatic heterocycles. The number of aryl methyl sites for hydroxylation is 1. The minimum Gasteiger partial charge on any atom is -0.379 e. The maximum atomic E-state index is 5.55. The number of rotatable bonds is 3. The van der Waals surface area contributed by atoms with E-state index in [1.54, 1.807) is 4.88 Å². The number of hydrogen-bond acceptors (Lipinski definition) is 3. The molecule has 2 aliphatic rings. The summed E-state index contributed by atoms with van der Waals surface area (Å²) < 4.78 is 5.55. The molecule has 1 aromatic rings. The van der Waals surface area contributed by atoms with E-state index in [1.165, 1.54) is 37.9 Å². The predicted molar refractivity (Wildman–Crippen MR) is 71.8 cm³/mol. The van der Waals surface area contributed by atoms with E-state index in [-0.39, 0.29) is 0 Å². The lowest BCUT2D eigenvalue weighted by molar-refractivity contribution is -0.0715. The van der Waals surface area contributed by atoms with Crippen LogP contribution in [-0.4, -0.2) is 26.3 Å². The molecule has 0 atom stereocenters. The SMILES string of the molecule is Cc1ccsc1C1(CC2CCNCC2)COC1. The molecule has 0 aliphatic carbocycles. The van der Waals surface area contributed by atoms with Crippen LogP contribution in [0.1, 0.15) is 29.7 Å². The van der Waals surface area contributed by atoms with Crippen molar-refractivity contribution < 1.29 is 4.74 Å². The van der Waals surface area contributed by atoms with E-state index in [2.05, 4.69) is 23.7 Å². The first-order valence-corrected chi connectivity index (χ1v) is 7.51. The summed E-state index contributed by atoms with van der Waals surface area (Å²) in [6.07, 6.45) is 4.01. The van der Waals surface area contributed by atoms with Crippen LogP contribution in [0.4, 0.5) is 0 Å². The quantitative estimate of drug-likeness (QED) is 0.892. The van der Waals surface area contributed by atoms with Crippen LogP contribution in [0.15, 0.2) is 11.4 Å². The van der Waals surface area contributed by atoms with Gasteiger partial charge in [0.05, 0.1) is 18.6 Å². The Kier molecular flexibility index (Phi) is 3.24. The minimum atomic E-state index is 0.361. The molecular formula is C14H21NOS. The molecule has 0 bridgehead atoms. The zero-order valence-electron chi connectivity index (χ0n) is 10.5. The van der Waals surface area contributed by atoms with E-state index < -0.39 is 0 Å². The monoisotopic (exact) mass is 251 g/mol. The molecule has 3 rings (SSSR count). The van der Waals surface area contributed by atoms with E-state index in [9.17, 15) is 0 Å². The Labute approximate surface area is 107 Å². The number of thiophene rings is 1. The first-order chi connectivity index (χ1) is 8.30. The maximum absolute atomic E-state index is 5.55. The van der Waals surface area contributed by atoms with Gasteiger partial charge in [-0.2, -0.15) is 0 Å². The molecule has 17 heavy (non-hydrogen) atoms. The van der Waals surface area contributed by atoms with Crippen molar-refractivity contribution in [2.75, 3.05) is 26.3 Å². The molecule has 0 spiro atoms. The van der Waals surface area contributed by atoms with Crippen LogP contribution in [-0.2, 0) is 10.2 Å². The number of ether oxygens (including phenoxy) is 1. The molecule has 2 aliphatic heterocycles. The summed E-state index contributed by atoms with van der Waals surface area (Å²) in [6, 6.07) is 2.25. The average Bonchev–Trinajstić information content (AvgIpc) is 2.72. The van der Waals surface area contributed by atoms with Crippen LogP contribution in [0.25, 0.3) is 0 Å². The fourth-order valence-corrected chi connectivity index (χ4v) is 4.36. The molecule has 2 saturated heterocycles. The highest BCUT2D eigenvalue weighted by molar-refractivity contribution is 7.10. The normalized spacial score (nSPS) is 24.5. The van der Waals surface area contributed by atoms with Crippen LogP contribution < -0.4 is 5.32 Å². The van der Waals surface area contributed by atoms with Crippen LogP contribution in [0.2, 0.25) is 0 Å². The summed E-state index contributed by atoms with van der Waals surface area (Å²) in [5.74, 6) is 0.890. The Morgan fingerprint density at radius 1 is 1.41 bits per heavy atom. The van der Waals surface area contributed by atoms with Gasteiger partial charge in [0.25, 0.3) is 0 Å². The van der Waals surface area contributed by atoms with Gasteiger partial charge in [-0.05, 0) is 62.2 Å². The van der Waals surface area contributed by atoms with E-state index in [1.807, 2.05) is 11.3 Å². The third-order valence-corrected chi connectivity index (χ3v) is 5.50. The zero-order chi connectivity index (χ0) is 11.7. The largest absolute Gasteiger partial charge is 0.379 e. The van der Waals surface area contributed by atoms with Crippen LogP contribution >= 0.6 is 11.3 Å². The van der Waals surface area contributed by atoms with Gasteiger partial charge in [0, 0.05) is 4.88 Å². The molecule has 0 saturated carbocycles. The van der Waals surface area contributed by atoms with Gasteiger partial charge >= 0.3 is 0 Å². The van der Waals surface area contributed by atoms with E-state index in [0.29, 0.717) is 5.41 Å². The highest BCUT2D eigenvalue weighted by Gasteiger charge is 2.43. The van der Waals surface area contributed by atoms with Crippen molar-refractivity contribution in [1.29, 1.82) is 0 Å². The molecule has 0 radical (unpaired) electrons.